The zero-order chi connectivity index (χ0) is 18.8. The lowest BCUT2D eigenvalue weighted by atomic mass is 9.98. The normalized spacial score (nSPS) is 17.3. The molecule has 0 aliphatic carbocycles. The van der Waals surface area contributed by atoms with Crippen molar-refractivity contribution in [3.05, 3.63) is 66.1 Å². The molecule has 0 radical (unpaired) electrons. The Hall–Kier alpha value is -2.96. The lowest BCUT2D eigenvalue weighted by Gasteiger charge is -2.32. The average Bonchev–Trinajstić information content (AvgIpc) is 3.04. The zero-order valence-electron chi connectivity index (χ0n) is 14.6. The number of aromatic nitrogens is 2. The van der Waals surface area contributed by atoms with E-state index in [-0.39, 0.29) is 17.4 Å². The number of carbonyl (C=O) groups is 1. The predicted molar refractivity (Wildman–Crippen MR) is 95.7 cm³/mol. The van der Waals surface area contributed by atoms with E-state index >= 15 is 0 Å². The van der Waals surface area contributed by atoms with Crippen LogP contribution in [0.5, 0.6) is 5.75 Å². The number of benzene rings is 1. The van der Waals surface area contributed by atoms with Crippen molar-refractivity contribution in [1.29, 1.82) is 0 Å². The molecule has 3 heterocycles. The van der Waals surface area contributed by atoms with E-state index in [0.717, 1.165) is 12.8 Å². The molecule has 0 unspecified atom stereocenters. The third-order valence-electron chi connectivity index (χ3n) is 4.78. The maximum Gasteiger partial charge on any atom is 0.277 e. The first-order valence-corrected chi connectivity index (χ1v) is 8.92. The third-order valence-corrected chi connectivity index (χ3v) is 4.78. The molecule has 4 rings (SSSR count). The van der Waals surface area contributed by atoms with Gasteiger partial charge in [-0.05, 0) is 49.2 Å². The van der Waals surface area contributed by atoms with Crippen LogP contribution in [0.4, 0.5) is 8.78 Å². The summed E-state index contributed by atoms with van der Waals surface area (Å²) in [4.78, 5) is 18.6. The minimum Gasteiger partial charge on any atom is -0.493 e. The highest BCUT2D eigenvalue weighted by Gasteiger charge is 2.29. The van der Waals surface area contributed by atoms with E-state index in [0.29, 0.717) is 31.1 Å². The van der Waals surface area contributed by atoms with Gasteiger partial charge in [0.2, 0.25) is 5.95 Å². The summed E-state index contributed by atoms with van der Waals surface area (Å²) < 4.78 is 34.5. The van der Waals surface area contributed by atoms with E-state index in [1.165, 1.54) is 16.5 Å². The first-order chi connectivity index (χ1) is 13.1. The number of fused-ring (bicyclic) bond motifs is 1. The van der Waals surface area contributed by atoms with E-state index < -0.39 is 11.9 Å². The number of halogens is 2. The summed E-state index contributed by atoms with van der Waals surface area (Å²) in [5, 5.41) is 0. The molecule has 1 amide bonds. The van der Waals surface area contributed by atoms with Crippen LogP contribution in [0.15, 0.2) is 48.7 Å². The van der Waals surface area contributed by atoms with Crippen molar-refractivity contribution in [2.24, 2.45) is 5.92 Å². The smallest absolute Gasteiger partial charge is 0.277 e. The number of ether oxygens (including phenoxy) is 1. The molecule has 1 saturated heterocycles. The summed E-state index contributed by atoms with van der Waals surface area (Å²) in [7, 11) is 0. The number of hydrogen-bond donors (Lipinski definition) is 0. The Morgan fingerprint density at radius 2 is 2.00 bits per heavy atom. The Labute approximate surface area is 155 Å². The Kier molecular flexibility index (Phi) is 4.75. The molecule has 3 aromatic rings. The molecular weight excluding hydrogens is 352 g/mol. The summed E-state index contributed by atoms with van der Waals surface area (Å²) in [6.45, 7) is 1.47. The molecule has 1 aliphatic rings. The number of rotatable bonds is 4. The molecule has 5 nitrogen and oxygen atoms in total. The van der Waals surface area contributed by atoms with Crippen LogP contribution in [-0.4, -0.2) is 39.9 Å². The second kappa shape index (κ2) is 7.34. The van der Waals surface area contributed by atoms with Gasteiger partial charge in [0.05, 0.1) is 6.61 Å². The van der Waals surface area contributed by atoms with Gasteiger partial charge < -0.3 is 9.64 Å². The van der Waals surface area contributed by atoms with Gasteiger partial charge in [-0.1, -0.05) is 6.07 Å². The van der Waals surface area contributed by atoms with Crippen molar-refractivity contribution in [3.63, 3.8) is 0 Å². The van der Waals surface area contributed by atoms with Crippen LogP contribution < -0.4 is 4.74 Å². The Bertz CT molecular complexity index is 956. The van der Waals surface area contributed by atoms with E-state index in [4.69, 9.17) is 4.74 Å². The van der Waals surface area contributed by atoms with Crippen molar-refractivity contribution < 1.29 is 18.3 Å². The molecular formula is C20H19F2N3O2. The number of imidazole rings is 1. The topological polar surface area (TPSA) is 46.8 Å². The van der Waals surface area contributed by atoms with Gasteiger partial charge in [0.15, 0.2) is 5.69 Å². The van der Waals surface area contributed by atoms with Crippen molar-refractivity contribution in [2.45, 2.75) is 12.8 Å². The lowest BCUT2D eigenvalue weighted by Crippen LogP contribution is -2.42. The minimum atomic E-state index is -0.639. The van der Waals surface area contributed by atoms with E-state index in [1.54, 1.807) is 41.4 Å². The van der Waals surface area contributed by atoms with Gasteiger partial charge in [-0.25, -0.2) is 9.37 Å². The number of piperidine rings is 1. The zero-order valence-corrected chi connectivity index (χ0v) is 14.6. The number of pyridine rings is 1. The lowest BCUT2D eigenvalue weighted by molar-refractivity contribution is 0.0623. The highest BCUT2D eigenvalue weighted by Crippen LogP contribution is 2.22. The summed E-state index contributed by atoms with van der Waals surface area (Å²) in [5.41, 5.74) is 0.257. The third kappa shape index (κ3) is 3.63. The van der Waals surface area contributed by atoms with Crippen LogP contribution >= 0.6 is 0 Å². The van der Waals surface area contributed by atoms with Crippen LogP contribution in [0.25, 0.3) is 5.65 Å². The van der Waals surface area contributed by atoms with Crippen LogP contribution in [0.1, 0.15) is 23.3 Å². The molecule has 1 fully saturated rings. The summed E-state index contributed by atoms with van der Waals surface area (Å²) in [6, 6.07) is 10.9. The summed E-state index contributed by atoms with van der Waals surface area (Å²) in [6.07, 6.45) is 3.28. The predicted octanol–water partition coefficient (Wildman–Crippen LogP) is 3.54. The molecule has 2 aromatic heterocycles. The van der Waals surface area contributed by atoms with Crippen molar-refractivity contribution in [3.8, 4) is 5.75 Å². The Balaban J connectivity index is 1.43. The highest BCUT2D eigenvalue weighted by atomic mass is 19.1. The van der Waals surface area contributed by atoms with Gasteiger partial charge in [0, 0.05) is 25.2 Å². The Morgan fingerprint density at radius 3 is 2.78 bits per heavy atom. The minimum absolute atomic E-state index is 0.132. The second-order valence-electron chi connectivity index (χ2n) is 6.70. The fraction of sp³-hybridized carbons (Fsp3) is 0.300. The number of likely N-dealkylation sites (tertiary alicyclic amines) is 1. The van der Waals surface area contributed by atoms with Gasteiger partial charge in [0.1, 0.15) is 17.2 Å². The van der Waals surface area contributed by atoms with Crippen LogP contribution in [0, 0.1) is 17.7 Å². The first kappa shape index (κ1) is 17.5. The molecule has 1 atom stereocenters. The SMILES string of the molecule is O=C(c1nc2ccccn2c1F)N1CCC[C@@H](COc2ccc(F)cc2)C1. The van der Waals surface area contributed by atoms with Gasteiger partial charge >= 0.3 is 0 Å². The maximum absolute atomic E-state index is 14.5. The van der Waals surface area contributed by atoms with E-state index in [1.807, 2.05) is 0 Å². The van der Waals surface area contributed by atoms with Crippen molar-refractivity contribution in [2.75, 3.05) is 19.7 Å². The maximum atomic E-state index is 14.5. The van der Waals surface area contributed by atoms with Crippen LogP contribution in [0.2, 0.25) is 0 Å². The molecule has 0 spiro atoms. The van der Waals surface area contributed by atoms with Gasteiger partial charge in [0.25, 0.3) is 5.91 Å². The Morgan fingerprint density at radius 1 is 1.19 bits per heavy atom. The second-order valence-corrected chi connectivity index (χ2v) is 6.70. The highest BCUT2D eigenvalue weighted by molar-refractivity contribution is 5.93. The van der Waals surface area contributed by atoms with Gasteiger partial charge in [-0.2, -0.15) is 4.39 Å². The monoisotopic (exact) mass is 371 g/mol. The standard InChI is InChI=1S/C20H19F2N3O2/c21-15-6-8-16(9-7-15)27-13-14-4-3-10-24(12-14)20(26)18-19(22)25-11-2-1-5-17(25)23-18/h1-2,5-9,11,14H,3-4,10,12-13H2/t14-/m1/s1. The molecule has 1 aromatic carbocycles. The average molecular weight is 371 g/mol. The summed E-state index contributed by atoms with van der Waals surface area (Å²) in [5.74, 6) is -0.631. The van der Waals surface area contributed by atoms with Crippen molar-refractivity contribution >= 4 is 11.6 Å². The van der Waals surface area contributed by atoms with Gasteiger partial charge in [-0.3, -0.25) is 9.20 Å². The molecule has 1 aliphatic heterocycles. The molecule has 27 heavy (non-hydrogen) atoms. The van der Waals surface area contributed by atoms with Crippen LogP contribution in [-0.2, 0) is 0 Å². The number of nitrogens with zero attached hydrogens (tertiary/aromatic N) is 3. The van der Waals surface area contributed by atoms with Gasteiger partial charge in [-0.15, -0.1) is 0 Å². The fourth-order valence-electron chi connectivity index (χ4n) is 3.38. The molecule has 140 valence electrons. The molecule has 7 heteroatoms. The van der Waals surface area contributed by atoms with E-state index in [9.17, 15) is 13.6 Å². The first-order valence-electron chi connectivity index (χ1n) is 8.92. The number of amides is 1. The molecule has 0 bridgehead atoms. The largest absolute Gasteiger partial charge is 0.493 e. The molecule has 0 N–H and O–H groups in total. The number of hydrogen-bond acceptors (Lipinski definition) is 3. The van der Waals surface area contributed by atoms with E-state index in [2.05, 4.69) is 4.98 Å². The fourth-order valence-corrected chi connectivity index (χ4v) is 3.38. The quantitative estimate of drug-likeness (QED) is 0.705. The van der Waals surface area contributed by atoms with Crippen molar-refractivity contribution in [1.82, 2.24) is 14.3 Å². The van der Waals surface area contributed by atoms with Crippen LogP contribution in [0.3, 0.4) is 0 Å². The number of carbonyl (C=O) groups excluding carboxylic acids is 1. The molecule has 0 saturated carbocycles. The summed E-state index contributed by atoms with van der Waals surface area (Å²) >= 11 is 0.